The van der Waals surface area contributed by atoms with Gasteiger partial charge in [-0.25, -0.2) is 4.98 Å². The van der Waals surface area contributed by atoms with E-state index in [2.05, 4.69) is 10.4 Å². The SMILES string of the molecule is Cn1nc(C2CC2)c2c(C(=O)Nc3ccn(Cc4ccccc4Cl)n3)cc(C3CC3)nc21. The number of aromatic nitrogens is 5. The van der Waals surface area contributed by atoms with Gasteiger partial charge in [-0.1, -0.05) is 29.8 Å². The third-order valence-electron chi connectivity index (χ3n) is 6.22. The molecule has 0 spiro atoms. The third-order valence-corrected chi connectivity index (χ3v) is 6.59. The molecule has 3 aromatic heterocycles. The molecule has 2 saturated carbocycles. The van der Waals surface area contributed by atoms with Crippen LogP contribution in [0.5, 0.6) is 0 Å². The third kappa shape index (κ3) is 3.56. The van der Waals surface area contributed by atoms with Gasteiger partial charge in [0.05, 0.1) is 23.2 Å². The molecule has 1 amide bonds. The van der Waals surface area contributed by atoms with Crippen LogP contribution in [0.15, 0.2) is 42.6 Å². The molecule has 6 rings (SSSR count). The zero-order valence-corrected chi connectivity index (χ0v) is 18.5. The molecule has 0 saturated heterocycles. The molecule has 0 bridgehead atoms. The number of pyridine rings is 1. The summed E-state index contributed by atoms with van der Waals surface area (Å²) in [5, 5.41) is 13.8. The van der Waals surface area contributed by atoms with Gasteiger partial charge in [-0.05, 0) is 43.4 Å². The van der Waals surface area contributed by atoms with Crippen LogP contribution in [-0.4, -0.2) is 30.5 Å². The summed E-state index contributed by atoms with van der Waals surface area (Å²) in [5.74, 6) is 1.21. The summed E-state index contributed by atoms with van der Waals surface area (Å²) in [6.45, 7) is 0.537. The lowest BCUT2D eigenvalue weighted by atomic mass is 10.0. The highest BCUT2D eigenvalue weighted by molar-refractivity contribution is 6.31. The van der Waals surface area contributed by atoms with Crippen LogP contribution in [0, 0.1) is 0 Å². The van der Waals surface area contributed by atoms with E-state index < -0.39 is 0 Å². The number of nitrogens with zero attached hydrogens (tertiary/aromatic N) is 5. The van der Waals surface area contributed by atoms with Crippen LogP contribution in [0.2, 0.25) is 5.02 Å². The van der Waals surface area contributed by atoms with Crippen LogP contribution in [-0.2, 0) is 13.6 Å². The zero-order valence-electron chi connectivity index (χ0n) is 17.8. The summed E-state index contributed by atoms with van der Waals surface area (Å²) < 4.78 is 3.60. The molecule has 1 N–H and O–H groups in total. The molecule has 8 heteroatoms. The average molecular weight is 447 g/mol. The van der Waals surface area contributed by atoms with E-state index in [0.29, 0.717) is 34.8 Å². The van der Waals surface area contributed by atoms with E-state index in [0.717, 1.165) is 53.7 Å². The highest BCUT2D eigenvalue weighted by atomic mass is 35.5. The molecule has 0 radical (unpaired) electrons. The largest absolute Gasteiger partial charge is 0.305 e. The van der Waals surface area contributed by atoms with Gasteiger partial charge >= 0.3 is 0 Å². The minimum absolute atomic E-state index is 0.169. The summed E-state index contributed by atoms with van der Waals surface area (Å²) in [6, 6.07) is 11.5. The molecule has 2 aliphatic carbocycles. The molecule has 0 unspecified atom stereocenters. The van der Waals surface area contributed by atoms with Gasteiger partial charge in [0.2, 0.25) is 0 Å². The maximum absolute atomic E-state index is 13.4. The summed E-state index contributed by atoms with van der Waals surface area (Å²) in [7, 11) is 1.91. The van der Waals surface area contributed by atoms with Crippen molar-refractivity contribution in [3.8, 4) is 0 Å². The Morgan fingerprint density at radius 2 is 1.91 bits per heavy atom. The first-order valence-electron chi connectivity index (χ1n) is 11.0. The zero-order chi connectivity index (χ0) is 21.8. The first kappa shape index (κ1) is 19.5. The van der Waals surface area contributed by atoms with Crippen LogP contribution in [0.1, 0.15) is 64.8 Å². The van der Waals surface area contributed by atoms with Crippen molar-refractivity contribution in [2.24, 2.45) is 7.05 Å². The maximum Gasteiger partial charge on any atom is 0.257 e. The molecule has 2 fully saturated rings. The Hall–Kier alpha value is -3.19. The fourth-order valence-corrected chi connectivity index (χ4v) is 4.40. The second-order valence-corrected chi connectivity index (χ2v) is 9.20. The highest BCUT2D eigenvalue weighted by Crippen LogP contribution is 2.45. The Morgan fingerprint density at radius 1 is 1.12 bits per heavy atom. The van der Waals surface area contributed by atoms with Gasteiger partial charge in [-0.15, -0.1) is 0 Å². The molecule has 1 aromatic carbocycles. The molecule has 32 heavy (non-hydrogen) atoms. The summed E-state index contributed by atoms with van der Waals surface area (Å²) >= 11 is 6.27. The molecule has 4 aromatic rings. The topological polar surface area (TPSA) is 77.6 Å². The monoisotopic (exact) mass is 446 g/mol. The van der Waals surface area contributed by atoms with Crippen LogP contribution >= 0.6 is 11.6 Å². The fraction of sp³-hybridized carbons (Fsp3) is 0.333. The van der Waals surface area contributed by atoms with E-state index in [-0.39, 0.29) is 5.91 Å². The molecule has 3 heterocycles. The molecule has 2 aliphatic rings. The maximum atomic E-state index is 13.4. The molecule has 0 aliphatic heterocycles. The van der Waals surface area contributed by atoms with Crippen LogP contribution in [0.4, 0.5) is 5.82 Å². The van der Waals surface area contributed by atoms with Crippen molar-refractivity contribution < 1.29 is 4.79 Å². The second-order valence-electron chi connectivity index (χ2n) is 8.79. The van der Waals surface area contributed by atoms with E-state index in [1.165, 1.54) is 0 Å². The molecule has 162 valence electrons. The van der Waals surface area contributed by atoms with E-state index in [1.807, 2.05) is 48.3 Å². The van der Waals surface area contributed by atoms with Gasteiger partial charge in [-0.3, -0.25) is 14.2 Å². The van der Waals surface area contributed by atoms with Crippen molar-refractivity contribution in [1.29, 1.82) is 0 Å². The number of halogens is 1. The van der Waals surface area contributed by atoms with Gasteiger partial charge in [-0.2, -0.15) is 10.2 Å². The van der Waals surface area contributed by atoms with Crippen molar-refractivity contribution in [2.75, 3.05) is 5.32 Å². The van der Waals surface area contributed by atoms with Crippen molar-refractivity contribution in [2.45, 2.75) is 44.1 Å². The minimum atomic E-state index is -0.169. The van der Waals surface area contributed by atoms with Gasteiger partial charge in [0.25, 0.3) is 5.91 Å². The van der Waals surface area contributed by atoms with Crippen molar-refractivity contribution in [3.05, 3.63) is 70.1 Å². The van der Waals surface area contributed by atoms with Crippen LogP contribution in [0.25, 0.3) is 11.0 Å². The van der Waals surface area contributed by atoms with Gasteiger partial charge in [0.15, 0.2) is 11.5 Å². The first-order chi connectivity index (χ1) is 15.6. The number of aryl methyl sites for hydroxylation is 1. The Kier molecular flexibility index (Phi) is 4.54. The second kappa shape index (κ2) is 7.45. The quantitative estimate of drug-likeness (QED) is 0.458. The summed E-state index contributed by atoms with van der Waals surface area (Å²) in [6.07, 6.45) is 6.32. The van der Waals surface area contributed by atoms with Crippen molar-refractivity contribution in [3.63, 3.8) is 0 Å². The molecular formula is C24H23ClN6O. The number of anilines is 1. The lowest BCUT2D eigenvalue weighted by Gasteiger charge is -2.08. The summed E-state index contributed by atoms with van der Waals surface area (Å²) in [5.41, 5.74) is 4.40. The normalized spacial score (nSPS) is 15.9. The number of hydrogen-bond donors (Lipinski definition) is 1. The van der Waals surface area contributed by atoms with E-state index >= 15 is 0 Å². The Balaban J connectivity index is 1.32. The van der Waals surface area contributed by atoms with Crippen molar-refractivity contribution >= 4 is 34.4 Å². The van der Waals surface area contributed by atoms with Crippen LogP contribution < -0.4 is 5.32 Å². The average Bonchev–Trinajstić information content (AvgIpc) is 3.71. The highest BCUT2D eigenvalue weighted by Gasteiger charge is 2.33. The standard InChI is InChI=1S/C24H23ClN6O/c1-30-23-21(22(29-30)15-8-9-15)17(12-19(26-23)14-6-7-14)24(32)27-20-10-11-31(28-20)13-16-4-2-3-5-18(16)25/h2-5,10-12,14-15H,6-9,13H2,1H3,(H,27,28,32). The number of benzene rings is 1. The summed E-state index contributed by atoms with van der Waals surface area (Å²) in [4.78, 5) is 18.3. The number of carbonyl (C=O) groups excluding carboxylic acids is 1. The van der Waals surface area contributed by atoms with E-state index in [4.69, 9.17) is 21.7 Å². The lowest BCUT2D eigenvalue weighted by molar-refractivity contribution is 0.102. The number of rotatable bonds is 6. The van der Waals surface area contributed by atoms with Gasteiger partial charge < -0.3 is 5.32 Å². The van der Waals surface area contributed by atoms with Crippen LogP contribution in [0.3, 0.4) is 0 Å². The minimum Gasteiger partial charge on any atom is -0.305 e. The Bertz CT molecular complexity index is 1350. The smallest absolute Gasteiger partial charge is 0.257 e. The number of hydrogen-bond acceptors (Lipinski definition) is 4. The van der Waals surface area contributed by atoms with E-state index in [9.17, 15) is 4.79 Å². The molecule has 7 nitrogen and oxygen atoms in total. The predicted octanol–water partition coefficient (Wildman–Crippen LogP) is 4.87. The van der Waals surface area contributed by atoms with Crippen molar-refractivity contribution in [1.82, 2.24) is 24.5 Å². The molecule has 0 atom stereocenters. The fourth-order valence-electron chi connectivity index (χ4n) is 4.21. The number of carbonyl (C=O) groups is 1. The van der Waals surface area contributed by atoms with E-state index in [1.54, 1.807) is 10.7 Å². The predicted molar refractivity (Wildman–Crippen MR) is 123 cm³/mol. The number of nitrogens with one attached hydrogen (secondary N) is 1. The van der Waals surface area contributed by atoms with Gasteiger partial charge in [0, 0.05) is 41.9 Å². The Morgan fingerprint density at radius 3 is 2.66 bits per heavy atom. The number of fused-ring (bicyclic) bond motifs is 1. The molecular weight excluding hydrogens is 424 g/mol. The lowest BCUT2D eigenvalue weighted by Crippen LogP contribution is -2.14. The first-order valence-corrected chi connectivity index (χ1v) is 11.4. The Labute approximate surface area is 190 Å². The number of amides is 1. The van der Waals surface area contributed by atoms with Gasteiger partial charge in [0.1, 0.15) is 0 Å².